The van der Waals surface area contributed by atoms with Gasteiger partial charge in [-0.1, -0.05) is 6.92 Å². The van der Waals surface area contributed by atoms with E-state index in [9.17, 15) is 4.79 Å². The average Bonchev–Trinajstić information content (AvgIpc) is 2.67. The predicted octanol–water partition coefficient (Wildman–Crippen LogP) is 4.78. The SMILES string of the molecule is CCC(=O)c1ccc(OCCCCCOc2ccc(C#N)cc2)cc1. The van der Waals surface area contributed by atoms with Gasteiger partial charge in [-0.2, -0.15) is 5.26 Å². The van der Waals surface area contributed by atoms with Crippen molar-refractivity contribution in [1.29, 1.82) is 5.26 Å². The lowest BCUT2D eigenvalue weighted by Crippen LogP contribution is -2.01. The zero-order valence-corrected chi connectivity index (χ0v) is 14.5. The fraction of sp³-hybridized carbons (Fsp3) is 0.333. The molecule has 25 heavy (non-hydrogen) atoms. The Morgan fingerprint density at radius 3 is 1.88 bits per heavy atom. The van der Waals surface area contributed by atoms with Gasteiger partial charge in [-0.3, -0.25) is 4.79 Å². The minimum Gasteiger partial charge on any atom is -0.494 e. The van der Waals surface area contributed by atoms with E-state index in [4.69, 9.17) is 14.7 Å². The maximum atomic E-state index is 11.6. The van der Waals surface area contributed by atoms with Gasteiger partial charge in [0, 0.05) is 12.0 Å². The Kier molecular flexibility index (Phi) is 7.52. The molecule has 0 fully saturated rings. The molecule has 0 saturated carbocycles. The van der Waals surface area contributed by atoms with Gasteiger partial charge in [-0.15, -0.1) is 0 Å². The second-order valence-electron chi connectivity index (χ2n) is 5.69. The maximum absolute atomic E-state index is 11.6. The topological polar surface area (TPSA) is 59.3 Å². The van der Waals surface area contributed by atoms with Crippen molar-refractivity contribution >= 4 is 5.78 Å². The van der Waals surface area contributed by atoms with Gasteiger partial charge in [0.2, 0.25) is 0 Å². The lowest BCUT2D eigenvalue weighted by atomic mass is 10.1. The normalized spacial score (nSPS) is 10.1. The minimum absolute atomic E-state index is 0.147. The monoisotopic (exact) mass is 337 g/mol. The van der Waals surface area contributed by atoms with Crippen molar-refractivity contribution in [2.75, 3.05) is 13.2 Å². The van der Waals surface area contributed by atoms with Crippen LogP contribution in [0.5, 0.6) is 11.5 Å². The molecule has 0 radical (unpaired) electrons. The smallest absolute Gasteiger partial charge is 0.162 e. The third-order valence-corrected chi connectivity index (χ3v) is 3.81. The highest BCUT2D eigenvalue weighted by Crippen LogP contribution is 2.15. The third kappa shape index (κ3) is 6.31. The van der Waals surface area contributed by atoms with Crippen LogP contribution in [0.2, 0.25) is 0 Å². The van der Waals surface area contributed by atoms with Crippen LogP contribution in [0.4, 0.5) is 0 Å². The van der Waals surface area contributed by atoms with Crippen molar-refractivity contribution in [3.05, 3.63) is 59.7 Å². The molecule has 0 heterocycles. The molecular weight excluding hydrogens is 314 g/mol. The van der Waals surface area contributed by atoms with E-state index in [0.29, 0.717) is 25.2 Å². The molecule has 4 nitrogen and oxygen atoms in total. The molecule has 2 aromatic carbocycles. The van der Waals surface area contributed by atoms with Crippen molar-refractivity contribution < 1.29 is 14.3 Å². The summed E-state index contributed by atoms with van der Waals surface area (Å²) in [6, 6.07) is 16.5. The van der Waals surface area contributed by atoms with Crippen LogP contribution in [0, 0.1) is 11.3 Å². The minimum atomic E-state index is 0.147. The molecule has 0 atom stereocenters. The molecule has 0 aliphatic rings. The number of carbonyl (C=O) groups excluding carboxylic acids is 1. The summed E-state index contributed by atoms with van der Waals surface area (Å²) in [4.78, 5) is 11.6. The molecule has 0 saturated heterocycles. The number of nitrogens with zero attached hydrogens (tertiary/aromatic N) is 1. The van der Waals surface area contributed by atoms with Crippen LogP contribution in [-0.2, 0) is 0 Å². The molecule has 0 bridgehead atoms. The highest BCUT2D eigenvalue weighted by molar-refractivity contribution is 5.95. The number of ketones is 1. The van der Waals surface area contributed by atoms with Crippen LogP contribution in [0.1, 0.15) is 48.5 Å². The maximum Gasteiger partial charge on any atom is 0.162 e. The molecule has 0 aromatic heterocycles. The zero-order valence-electron chi connectivity index (χ0n) is 14.5. The number of Topliss-reactive ketones (excluding diaryl/α,β-unsaturated/α-hetero) is 1. The summed E-state index contributed by atoms with van der Waals surface area (Å²) in [5, 5.41) is 8.74. The lowest BCUT2D eigenvalue weighted by molar-refractivity contribution is 0.0988. The average molecular weight is 337 g/mol. The number of rotatable bonds is 10. The summed E-state index contributed by atoms with van der Waals surface area (Å²) in [6.45, 7) is 3.16. The van der Waals surface area contributed by atoms with E-state index >= 15 is 0 Å². The number of ether oxygens (including phenoxy) is 2. The van der Waals surface area contributed by atoms with Crippen molar-refractivity contribution in [2.45, 2.75) is 32.6 Å². The highest BCUT2D eigenvalue weighted by Gasteiger charge is 2.02. The molecule has 0 N–H and O–H groups in total. The summed E-state index contributed by atoms with van der Waals surface area (Å²) in [7, 11) is 0. The van der Waals surface area contributed by atoms with Gasteiger partial charge < -0.3 is 9.47 Å². The van der Waals surface area contributed by atoms with E-state index in [1.807, 2.05) is 43.3 Å². The highest BCUT2D eigenvalue weighted by atomic mass is 16.5. The molecule has 130 valence electrons. The van der Waals surface area contributed by atoms with E-state index in [2.05, 4.69) is 6.07 Å². The van der Waals surface area contributed by atoms with Gasteiger partial charge in [-0.05, 0) is 67.8 Å². The second-order valence-corrected chi connectivity index (χ2v) is 5.69. The zero-order chi connectivity index (χ0) is 17.9. The summed E-state index contributed by atoms with van der Waals surface area (Å²) in [6.07, 6.45) is 3.44. The van der Waals surface area contributed by atoms with E-state index < -0.39 is 0 Å². The predicted molar refractivity (Wildman–Crippen MR) is 97.1 cm³/mol. The number of unbranched alkanes of at least 4 members (excludes halogenated alkanes) is 2. The van der Waals surface area contributed by atoms with Crippen LogP contribution < -0.4 is 9.47 Å². The first-order valence-corrected chi connectivity index (χ1v) is 8.62. The number of hydrogen-bond acceptors (Lipinski definition) is 4. The molecule has 0 amide bonds. The van der Waals surface area contributed by atoms with Crippen LogP contribution in [-0.4, -0.2) is 19.0 Å². The van der Waals surface area contributed by atoms with Gasteiger partial charge in [0.1, 0.15) is 11.5 Å². The van der Waals surface area contributed by atoms with Crippen LogP contribution in [0.15, 0.2) is 48.5 Å². The van der Waals surface area contributed by atoms with E-state index in [-0.39, 0.29) is 5.78 Å². The molecule has 2 aromatic rings. The molecule has 4 heteroatoms. The summed E-state index contributed by atoms with van der Waals surface area (Å²) >= 11 is 0. The molecular formula is C21H23NO3. The Balaban J connectivity index is 1.57. The Hall–Kier alpha value is -2.80. The Morgan fingerprint density at radius 2 is 1.40 bits per heavy atom. The number of benzene rings is 2. The molecule has 0 aliphatic heterocycles. The second kappa shape index (κ2) is 10.1. The van der Waals surface area contributed by atoms with Gasteiger partial charge in [0.15, 0.2) is 5.78 Å². The number of carbonyl (C=O) groups is 1. The van der Waals surface area contributed by atoms with Gasteiger partial charge in [0.05, 0.1) is 24.8 Å². The quantitative estimate of drug-likeness (QED) is 0.462. The molecule has 0 spiro atoms. The first-order valence-electron chi connectivity index (χ1n) is 8.62. The van der Waals surface area contributed by atoms with Crippen molar-refractivity contribution in [2.24, 2.45) is 0 Å². The first kappa shape index (κ1) is 18.5. The van der Waals surface area contributed by atoms with Crippen molar-refractivity contribution in [3.63, 3.8) is 0 Å². The van der Waals surface area contributed by atoms with Crippen LogP contribution in [0.25, 0.3) is 0 Å². The van der Waals surface area contributed by atoms with Gasteiger partial charge >= 0.3 is 0 Å². The number of nitriles is 1. The summed E-state index contributed by atoms with van der Waals surface area (Å²) in [5.74, 6) is 1.73. The third-order valence-electron chi connectivity index (χ3n) is 3.81. The van der Waals surface area contributed by atoms with Gasteiger partial charge in [0.25, 0.3) is 0 Å². The Morgan fingerprint density at radius 1 is 0.880 bits per heavy atom. The molecule has 2 rings (SSSR count). The van der Waals surface area contributed by atoms with Gasteiger partial charge in [-0.25, -0.2) is 0 Å². The lowest BCUT2D eigenvalue weighted by Gasteiger charge is -2.08. The van der Waals surface area contributed by atoms with E-state index in [1.165, 1.54) is 0 Å². The fourth-order valence-corrected chi connectivity index (χ4v) is 2.33. The van der Waals surface area contributed by atoms with Crippen LogP contribution >= 0.6 is 0 Å². The molecule has 0 aliphatic carbocycles. The first-order chi connectivity index (χ1) is 12.2. The Bertz CT molecular complexity index is 699. The largest absolute Gasteiger partial charge is 0.494 e. The summed E-state index contributed by atoms with van der Waals surface area (Å²) in [5.41, 5.74) is 1.37. The van der Waals surface area contributed by atoms with Crippen molar-refractivity contribution in [3.8, 4) is 17.6 Å². The van der Waals surface area contributed by atoms with E-state index in [0.717, 1.165) is 36.3 Å². The van der Waals surface area contributed by atoms with Crippen LogP contribution in [0.3, 0.4) is 0 Å². The molecule has 0 unspecified atom stereocenters. The Labute approximate surface area is 149 Å². The van der Waals surface area contributed by atoms with E-state index in [1.54, 1.807) is 12.1 Å². The van der Waals surface area contributed by atoms with Crippen molar-refractivity contribution in [1.82, 2.24) is 0 Å². The number of hydrogen-bond donors (Lipinski definition) is 0. The standard InChI is InChI=1S/C21H23NO3/c1-2-21(23)18-8-12-20(13-9-18)25-15-5-3-4-14-24-19-10-6-17(16-22)7-11-19/h6-13H,2-5,14-15H2,1H3. The fourth-order valence-electron chi connectivity index (χ4n) is 2.33. The summed E-state index contributed by atoms with van der Waals surface area (Å²) < 4.78 is 11.3.